The number of halogens is 3. The van der Waals surface area contributed by atoms with Crippen LogP contribution in [0, 0.1) is 56.7 Å². The van der Waals surface area contributed by atoms with E-state index >= 15 is 0 Å². The number of nitrogens with one attached hydrogen (secondary N) is 2. The van der Waals surface area contributed by atoms with Gasteiger partial charge in [0, 0.05) is 11.8 Å². The van der Waals surface area contributed by atoms with E-state index in [-0.39, 0.29) is 5.71 Å². The average molecular weight is 412 g/mol. The first-order chi connectivity index (χ1) is 14.2. The number of benzene rings is 1. The van der Waals surface area contributed by atoms with Crippen molar-refractivity contribution in [2.24, 2.45) is 17.3 Å². The van der Waals surface area contributed by atoms with Gasteiger partial charge in [-0.05, 0) is 29.7 Å². The topological polar surface area (TPSA) is 99.7 Å². The van der Waals surface area contributed by atoms with Crippen molar-refractivity contribution in [3.63, 3.8) is 0 Å². The third-order valence-corrected chi connectivity index (χ3v) is 6.14. The summed E-state index contributed by atoms with van der Waals surface area (Å²) >= 11 is 0. The molecular formula is C22H21F3N5+. The molecule has 30 heavy (non-hydrogen) atoms. The van der Waals surface area contributed by atoms with E-state index in [0.717, 1.165) is 25.1 Å². The molecule has 4 atom stereocenters. The number of rotatable bonds is 3. The molecule has 0 amide bonds. The Bertz CT molecular complexity index is 991. The summed E-state index contributed by atoms with van der Waals surface area (Å²) in [4.78, 5) is 1.18. The van der Waals surface area contributed by atoms with Crippen molar-refractivity contribution in [2.45, 2.75) is 25.4 Å². The molecule has 2 aliphatic rings. The number of hydrogen-bond donors (Lipinski definition) is 2. The summed E-state index contributed by atoms with van der Waals surface area (Å²) in [5.41, 5.74) is -2.26. The molecular weight excluding hydrogens is 391 g/mol. The second-order valence-electron chi connectivity index (χ2n) is 7.82. The van der Waals surface area contributed by atoms with E-state index in [9.17, 15) is 29.0 Å². The number of nitrogens with zero attached hydrogens (tertiary/aromatic N) is 3. The van der Waals surface area contributed by atoms with Crippen LogP contribution in [-0.2, 0) is 6.18 Å². The number of fused-ring (bicyclic) bond motifs is 1. The summed E-state index contributed by atoms with van der Waals surface area (Å²) in [5.74, 6) is -2.35. The summed E-state index contributed by atoms with van der Waals surface area (Å²) in [6.07, 6.45) is -1.85. The minimum absolute atomic E-state index is 0.305. The van der Waals surface area contributed by atoms with Crippen molar-refractivity contribution in [3.8, 4) is 18.2 Å². The molecule has 1 fully saturated rings. The highest BCUT2D eigenvalue weighted by Gasteiger charge is 2.57. The molecule has 5 nitrogen and oxygen atoms in total. The van der Waals surface area contributed by atoms with Crippen molar-refractivity contribution < 1.29 is 18.1 Å². The number of hydrogen-bond acceptors (Lipinski definition) is 4. The maximum Gasteiger partial charge on any atom is 0.416 e. The third kappa shape index (κ3) is 3.36. The molecule has 0 radical (unpaired) electrons. The first kappa shape index (κ1) is 21.6. The van der Waals surface area contributed by atoms with Gasteiger partial charge >= 0.3 is 6.18 Å². The minimum Gasteiger partial charge on any atom is -0.331 e. The Kier molecular flexibility index (Phi) is 5.70. The Labute approximate surface area is 173 Å². The lowest BCUT2D eigenvalue weighted by atomic mass is 9.55. The van der Waals surface area contributed by atoms with Crippen molar-refractivity contribution in [3.05, 3.63) is 47.0 Å². The Hall–Kier alpha value is -3.15. The molecule has 154 valence electrons. The van der Waals surface area contributed by atoms with Crippen molar-refractivity contribution in [2.75, 3.05) is 19.6 Å². The van der Waals surface area contributed by atoms with Crippen LogP contribution >= 0.6 is 0 Å². The second kappa shape index (κ2) is 7.94. The van der Waals surface area contributed by atoms with Crippen LogP contribution in [0.4, 0.5) is 13.2 Å². The predicted octanol–water partition coefficient (Wildman–Crippen LogP) is 2.85. The van der Waals surface area contributed by atoms with E-state index in [1.807, 2.05) is 25.1 Å². The smallest absolute Gasteiger partial charge is 0.331 e. The van der Waals surface area contributed by atoms with Gasteiger partial charge in [0.1, 0.15) is 0 Å². The highest BCUT2D eigenvalue weighted by atomic mass is 19.4. The van der Waals surface area contributed by atoms with Gasteiger partial charge in [-0.1, -0.05) is 25.1 Å². The Morgan fingerprint density at radius 2 is 1.93 bits per heavy atom. The van der Waals surface area contributed by atoms with Gasteiger partial charge in [0.25, 0.3) is 0 Å². The molecule has 1 aliphatic carbocycles. The monoisotopic (exact) mass is 412 g/mol. The lowest BCUT2D eigenvalue weighted by Crippen LogP contribution is -3.13. The number of nitriles is 3. The Morgan fingerprint density at radius 1 is 1.23 bits per heavy atom. The first-order valence-electron chi connectivity index (χ1n) is 9.75. The standard InChI is InChI=1S/C22H20F3N5/c1-2-7-30-8-6-18-17(11-30)19(14-4-3-5-15(9-14)22(23,24)25)16(10-26)20(29)21(18,12-27)13-28/h3-6,9,16-17,19,29H,2,7-8,11H2,1H3/p+1/t16-,17-,19-/m1/s1. The van der Waals surface area contributed by atoms with E-state index < -0.39 is 34.9 Å². The van der Waals surface area contributed by atoms with Gasteiger partial charge in [0.15, 0.2) is 0 Å². The first-order valence-corrected chi connectivity index (χ1v) is 9.75. The van der Waals surface area contributed by atoms with Gasteiger partial charge in [0.2, 0.25) is 5.41 Å². The van der Waals surface area contributed by atoms with E-state index in [0.29, 0.717) is 24.2 Å². The number of alkyl halides is 3. The second-order valence-corrected chi connectivity index (χ2v) is 7.82. The van der Waals surface area contributed by atoms with Crippen LogP contribution in [0.1, 0.15) is 30.4 Å². The SMILES string of the molecule is CCC[NH+]1CC=C2[C@@H](C1)[C@H](c1cccc(C(F)(F)F)c1)[C@@H](C#N)C(=N)C2(C#N)C#N. The normalized spacial score (nSPS) is 27.8. The van der Waals surface area contributed by atoms with E-state index in [4.69, 9.17) is 5.41 Å². The maximum atomic E-state index is 13.3. The summed E-state index contributed by atoms with van der Waals surface area (Å²) < 4.78 is 39.9. The van der Waals surface area contributed by atoms with Crippen LogP contribution in [0.2, 0.25) is 0 Å². The van der Waals surface area contributed by atoms with Gasteiger partial charge in [-0.25, -0.2) is 0 Å². The minimum atomic E-state index is -4.53. The quantitative estimate of drug-likeness (QED) is 0.747. The third-order valence-electron chi connectivity index (χ3n) is 6.14. The fraction of sp³-hybridized carbons (Fsp3) is 0.455. The fourth-order valence-electron chi connectivity index (χ4n) is 4.79. The average Bonchev–Trinajstić information content (AvgIpc) is 2.73. The summed E-state index contributed by atoms with van der Waals surface area (Å²) in [7, 11) is 0. The Balaban J connectivity index is 2.20. The molecule has 0 bridgehead atoms. The van der Waals surface area contributed by atoms with Crippen molar-refractivity contribution in [1.82, 2.24) is 0 Å². The van der Waals surface area contributed by atoms with Crippen LogP contribution in [0.3, 0.4) is 0 Å². The lowest BCUT2D eigenvalue weighted by Gasteiger charge is -2.46. The van der Waals surface area contributed by atoms with Crippen molar-refractivity contribution in [1.29, 1.82) is 21.2 Å². The molecule has 0 aromatic heterocycles. The van der Waals surface area contributed by atoms with E-state index in [1.165, 1.54) is 17.0 Å². The summed E-state index contributed by atoms with van der Waals surface area (Å²) in [5, 5.41) is 38.0. The van der Waals surface area contributed by atoms with Gasteiger partial charge < -0.3 is 10.3 Å². The summed E-state index contributed by atoms with van der Waals surface area (Å²) in [6.45, 7) is 3.93. The zero-order valence-electron chi connectivity index (χ0n) is 16.4. The van der Waals surface area contributed by atoms with Gasteiger partial charge in [-0.15, -0.1) is 0 Å². The Morgan fingerprint density at radius 3 is 2.50 bits per heavy atom. The number of quaternary nitrogens is 1. The molecule has 1 saturated carbocycles. The van der Waals surface area contributed by atoms with Crippen LogP contribution in [0.5, 0.6) is 0 Å². The zero-order chi connectivity index (χ0) is 22.1. The molecule has 0 saturated heterocycles. The maximum absolute atomic E-state index is 13.3. The summed E-state index contributed by atoms with van der Waals surface area (Å²) in [6, 6.07) is 10.7. The van der Waals surface area contributed by atoms with Crippen LogP contribution in [0.25, 0.3) is 0 Å². The molecule has 1 aromatic carbocycles. The van der Waals surface area contributed by atoms with Crippen LogP contribution < -0.4 is 4.90 Å². The molecule has 8 heteroatoms. The van der Waals surface area contributed by atoms with Gasteiger partial charge in [-0.2, -0.15) is 29.0 Å². The van der Waals surface area contributed by atoms with Gasteiger partial charge in [-0.3, -0.25) is 0 Å². The molecule has 2 N–H and O–H groups in total. The molecule has 1 unspecified atom stereocenters. The molecule has 3 rings (SSSR count). The molecule has 1 aliphatic heterocycles. The van der Waals surface area contributed by atoms with Gasteiger partial charge in [0.05, 0.1) is 55.0 Å². The van der Waals surface area contributed by atoms with Crippen LogP contribution in [0.15, 0.2) is 35.9 Å². The zero-order valence-corrected chi connectivity index (χ0v) is 16.4. The lowest BCUT2D eigenvalue weighted by molar-refractivity contribution is -0.899. The van der Waals surface area contributed by atoms with E-state index in [2.05, 4.69) is 0 Å². The molecule has 0 spiro atoms. The molecule has 1 heterocycles. The molecule has 1 aromatic rings. The van der Waals surface area contributed by atoms with E-state index in [1.54, 1.807) is 6.08 Å². The fourth-order valence-corrected chi connectivity index (χ4v) is 4.79. The van der Waals surface area contributed by atoms with Crippen molar-refractivity contribution >= 4 is 5.71 Å². The van der Waals surface area contributed by atoms with Crippen LogP contribution in [-0.4, -0.2) is 25.3 Å². The largest absolute Gasteiger partial charge is 0.416 e. The highest BCUT2D eigenvalue weighted by Crippen LogP contribution is 2.51. The highest BCUT2D eigenvalue weighted by molar-refractivity contribution is 6.01. The predicted molar refractivity (Wildman–Crippen MR) is 102 cm³/mol.